The molecule has 0 unspecified atom stereocenters. The van der Waals surface area contributed by atoms with Crippen molar-refractivity contribution in [1.82, 2.24) is 35.0 Å². The lowest BCUT2D eigenvalue weighted by molar-refractivity contribution is -0.600. The van der Waals surface area contributed by atoms with E-state index < -0.39 is 23.4 Å². The molecule has 0 saturated carbocycles. The van der Waals surface area contributed by atoms with Crippen LogP contribution in [0, 0.1) is 35.0 Å². The molecule has 2 saturated heterocycles. The number of allylic oxidation sites excluding steroid dienone is 2. The van der Waals surface area contributed by atoms with Gasteiger partial charge in [0.25, 0.3) is 5.91 Å². The zero-order valence-electron chi connectivity index (χ0n) is 43.6. The summed E-state index contributed by atoms with van der Waals surface area (Å²) in [5, 5.41) is 8.11. The summed E-state index contributed by atoms with van der Waals surface area (Å²) in [5.74, 6) is 3.57. The number of aromatic nitrogens is 1. The van der Waals surface area contributed by atoms with Crippen LogP contribution in [0.3, 0.4) is 0 Å². The number of benzene rings is 2. The average molecular weight is 974 g/mol. The standard InChI is InChI=1S/C56H76N8O7/c1-10-63-48-21-20-40-31-44(48)45(52(63)43-17-12-24-57-47(43)35-70-9)32-56(4,5)36-71-55(69)46-18-13-27-64(59-46)54(68)41(30-38-15-11-16-39(40)29-38)22-25-58-53(67)51(37(2)3)61(8)34-49(65)42-23-28-62(33-42)50(66)19-14-26-60(6)7/h11-12,15-17,20-21,29,31,37,41-42,46,51,57,59H,10,13,18,22-28,30,32-36H2,1-9H3,(H,58,67)/p+1/t41-,42-,46-,51-/m0/s1. The van der Waals surface area contributed by atoms with Crippen LogP contribution in [0.1, 0.15) is 77.1 Å². The van der Waals surface area contributed by atoms with Gasteiger partial charge in [0.2, 0.25) is 11.8 Å². The van der Waals surface area contributed by atoms with Crippen molar-refractivity contribution >= 4 is 46.0 Å². The second-order valence-corrected chi connectivity index (χ2v) is 21.3. The van der Waals surface area contributed by atoms with E-state index in [1.807, 2.05) is 38.9 Å². The van der Waals surface area contributed by atoms with Crippen LogP contribution in [0.25, 0.3) is 27.6 Å². The van der Waals surface area contributed by atoms with Gasteiger partial charge in [-0.2, -0.15) is 0 Å². The average Bonchev–Trinajstić information content (AvgIpc) is 3.96. The number of methoxy groups -OCH3 is 1. The number of rotatable bonds is 14. The first kappa shape index (κ1) is 53.2. The quantitative estimate of drug-likeness (QED) is 0.159. The van der Waals surface area contributed by atoms with E-state index in [0.717, 1.165) is 57.6 Å². The van der Waals surface area contributed by atoms with Crippen LogP contribution in [0.4, 0.5) is 0 Å². The third-order valence-corrected chi connectivity index (χ3v) is 14.4. The van der Waals surface area contributed by atoms with Crippen molar-refractivity contribution in [2.24, 2.45) is 23.2 Å². The van der Waals surface area contributed by atoms with Gasteiger partial charge in [0, 0.05) is 68.0 Å². The van der Waals surface area contributed by atoms with Crippen molar-refractivity contribution < 1.29 is 38.8 Å². The molecule has 15 heteroatoms. The molecule has 3 aromatic rings. The van der Waals surface area contributed by atoms with Crippen molar-refractivity contribution in [3.8, 4) is 23.0 Å². The first-order valence-corrected chi connectivity index (χ1v) is 25.6. The van der Waals surface area contributed by atoms with E-state index in [-0.39, 0.29) is 61.0 Å². The lowest BCUT2D eigenvalue weighted by atomic mass is 9.84. The number of nitrogens with one attached hydrogen (secondary N) is 2. The second kappa shape index (κ2) is 23.7. The van der Waals surface area contributed by atoms with Gasteiger partial charge in [-0.15, -0.1) is 0 Å². The highest BCUT2D eigenvalue weighted by molar-refractivity contribution is 5.96. The molecule has 4 aliphatic heterocycles. The lowest BCUT2D eigenvalue weighted by Crippen LogP contribution is -2.83. The Bertz CT molecular complexity index is 2580. The minimum atomic E-state index is -0.685. The Kier molecular flexibility index (Phi) is 17.8. The lowest BCUT2D eigenvalue weighted by Gasteiger charge is -2.35. The predicted octanol–water partition coefficient (Wildman–Crippen LogP) is 4.04. The minimum absolute atomic E-state index is 0.0122. The van der Waals surface area contributed by atoms with Crippen LogP contribution < -0.4 is 16.1 Å². The summed E-state index contributed by atoms with van der Waals surface area (Å²) in [7, 11) is 7.30. The third-order valence-electron chi connectivity index (χ3n) is 14.4. The number of cyclic esters (lactones) is 1. The van der Waals surface area contributed by atoms with Crippen molar-refractivity contribution in [1.29, 1.82) is 0 Å². The van der Waals surface area contributed by atoms with Crippen LogP contribution in [-0.4, -0.2) is 153 Å². The topological polar surface area (TPSA) is 162 Å². The van der Waals surface area contributed by atoms with E-state index in [2.05, 4.69) is 102 Å². The monoisotopic (exact) mass is 974 g/mol. The summed E-state index contributed by atoms with van der Waals surface area (Å²) >= 11 is 0. The molecule has 2 aromatic carbocycles. The van der Waals surface area contributed by atoms with Crippen LogP contribution in [0.2, 0.25) is 0 Å². The summed E-state index contributed by atoms with van der Waals surface area (Å²) in [5.41, 5.74) is 11.7. The van der Waals surface area contributed by atoms with Gasteiger partial charge < -0.3 is 29.6 Å². The minimum Gasteiger partial charge on any atom is -0.464 e. The maximum absolute atomic E-state index is 14.7. The number of esters is 1. The summed E-state index contributed by atoms with van der Waals surface area (Å²) in [6.07, 6.45) is 7.58. The summed E-state index contributed by atoms with van der Waals surface area (Å²) < 4.78 is 14.3. The molecule has 15 nitrogen and oxygen atoms in total. The van der Waals surface area contributed by atoms with E-state index in [4.69, 9.17) is 9.47 Å². The first-order chi connectivity index (χ1) is 34.0. The molecule has 3 amide bonds. The molecule has 4 atom stereocenters. The zero-order valence-corrected chi connectivity index (χ0v) is 43.6. The number of amides is 3. The Labute approximate surface area is 420 Å². The maximum Gasteiger partial charge on any atom is 0.324 e. The van der Waals surface area contributed by atoms with Crippen molar-refractivity contribution in [2.75, 3.05) is 87.3 Å². The molecule has 5 heterocycles. The number of nitrogens with zero attached hydrogens (tertiary/aromatic N) is 5. The van der Waals surface area contributed by atoms with Gasteiger partial charge in [-0.05, 0) is 125 Å². The Hall–Kier alpha value is -5.63. The number of fused-ring (bicyclic) bond motifs is 6. The largest absolute Gasteiger partial charge is 0.464 e. The first-order valence-electron chi connectivity index (χ1n) is 25.6. The number of carbonyl (C=O) groups excluding carboxylic acids is 5. The van der Waals surface area contributed by atoms with Crippen molar-refractivity contribution in [3.05, 3.63) is 77.1 Å². The molecule has 7 rings (SSSR count). The Morgan fingerprint density at radius 2 is 1.85 bits per heavy atom. The molecule has 382 valence electrons. The fourth-order valence-electron chi connectivity index (χ4n) is 10.8. The van der Waals surface area contributed by atoms with Crippen molar-refractivity contribution in [2.45, 2.75) is 91.8 Å². The van der Waals surface area contributed by atoms with Crippen LogP contribution in [-0.2, 0) is 52.8 Å². The number of aryl methyl sites for hydroxylation is 1. The number of hydrazine groups is 1. The highest BCUT2D eigenvalue weighted by Gasteiger charge is 2.37. The van der Waals surface area contributed by atoms with Gasteiger partial charge in [-0.25, -0.2) is 5.43 Å². The van der Waals surface area contributed by atoms with Crippen LogP contribution >= 0.6 is 0 Å². The van der Waals surface area contributed by atoms with Gasteiger partial charge in [-0.3, -0.25) is 38.8 Å². The number of likely N-dealkylation sites (tertiary alicyclic amines) is 1. The van der Waals surface area contributed by atoms with Gasteiger partial charge in [0.1, 0.15) is 18.3 Å². The fraction of sp³-hybridized carbons (Fsp3) is 0.554. The molecular weight excluding hydrogens is 897 g/mol. The molecule has 0 radical (unpaired) electrons. The van der Waals surface area contributed by atoms with Gasteiger partial charge >= 0.3 is 5.97 Å². The molecule has 0 aliphatic carbocycles. The normalized spacial score (nSPS) is 21.1. The van der Waals surface area contributed by atoms with Gasteiger partial charge in [0.15, 0.2) is 5.78 Å². The predicted molar refractivity (Wildman–Crippen MR) is 276 cm³/mol. The smallest absolute Gasteiger partial charge is 0.324 e. The number of hydrogen-bond donors (Lipinski definition) is 3. The molecule has 2 fully saturated rings. The summed E-state index contributed by atoms with van der Waals surface area (Å²) in [6.45, 7) is 14.7. The van der Waals surface area contributed by atoms with Crippen molar-refractivity contribution in [3.63, 3.8) is 0 Å². The van der Waals surface area contributed by atoms with E-state index in [0.29, 0.717) is 71.3 Å². The highest BCUT2D eigenvalue weighted by Crippen LogP contribution is 2.39. The van der Waals surface area contributed by atoms with Crippen LogP contribution in [0.5, 0.6) is 0 Å². The number of ether oxygens (including phenoxy) is 2. The zero-order chi connectivity index (χ0) is 51.0. The van der Waals surface area contributed by atoms with E-state index >= 15 is 0 Å². The third kappa shape index (κ3) is 12.9. The number of nitrogens with two attached hydrogens (primary N) is 1. The molecule has 0 spiro atoms. The summed E-state index contributed by atoms with van der Waals surface area (Å²) in [6, 6.07) is 13.8. The molecule has 6 bridgehead atoms. The van der Waals surface area contributed by atoms with Gasteiger partial charge in [0.05, 0.1) is 43.6 Å². The van der Waals surface area contributed by atoms with E-state index in [1.54, 1.807) is 29.0 Å². The Morgan fingerprint density at radius 1 is 1.06 bits per heavy atom. The SMILES string of the molecule is CCn1c(C2=C(COC)[NH2+]CC=C2)c2c3cc(ccc31)-c1cccc(c1)C[C@H](CCNC(=O)[C@H](C(C)C)N(C)CC(=O)[C@H]1CCN(C(=O)C#CCN(C)C)C1)C(=O)N1CCC[C@H](N1)C(=O)OCC(C)(C)C2. The van der Waals surface area contributed by atoms with Crippen LogP contribution in [0.15, 0.2) is 60.3 Å². The Balaban J connectivity index is 1.13. The fourth-order valence-corrected chi connectivity index (χ4v) is 10.8. The summed E-state index contributed by atoms with van der Waals surface area (Å²) in [4.78, 5) is 74.2. The highest BCUT2D eigenvalue weighted by atomic mass is 16.5. The second-order valence-electron chi connectivity index (χ2n) is 21.3. The number of hydrogen-bond acceptors (Lipinski definition) is 10. The number of carbonyl (C=O) groups is 5. The molecular formula is C56H77N8O7+. The number of likely N-dealkylation sites (N-methyl/N-ethyl adjacent to an activating group) is 1. The Morgan fingerprint density at radius 3 is 2.59 bits per heavy atom. The molecule has 1 aromatic heterocycles. The van der Waals surface area contributed by atoms with E-state index in [9.17, 15) is 24.0 Å². The van der Waals surface area contributed by atoms with Gasteiger partial charge in [-0.1, -0.05) is 63.9 Å². The maximum atomic E-state index is 14.7. The van der Waals surface area contributed by atoms with E-state index in [1.165, 1.54) is 5.56 Å². The number of Topliss-reactive ketones (excluding diaryl/α,β-unsaturated/α-hetero) is 1. The molecule has 4 N–H and O–H groups in total. The molecule has 71 heavy (non-hydrogen) atoms. The molecule has 4 aliphatic rings. The number of ketones is 1. The number of quaternary nitrogens is 1.